The van der Waals surface area contributed by atoms with Crippen molar-refractivity contribution in [2.45, 2.75) is 13.0 Å². The second kappa shape index (κ2) is 9.60. The van der Waals surface area contributed by atoms with Crippen LogP contribution < -0.4 is 15.4 Å². The van der Waals surface area contributed by atoms with E-state index < -0.39 is 11.8 Å². The van der Waals surface area contributed by atoms with Crippen molar-refractivity contribution in [2.24, 2.45) is 5.92 Å². The Hall–Kier alpha value is -3.42. The molecule has 3 aromatic rings. The van der Waals surface area contributed by atoms with Gasteiger partial charge in [-0.15, -0.1) is 0 Å². The second-order valence-electron chi connectivity index (χ2n) is 7.51. The molecule has 0 fully saturated rings. The number of ether oxygens (including phenoxy) is 1. The summed E-state index contributed by atoms with van der Waals surface area (Å²) < 4.78 is 5.08. The maximum Gasteiger partial charge on any atom is 0.251 e. The van der Waals surface area contributed by atoms with E-state index in [0.29, 0.717) is 32.7 Å². The van der Waals surface area contributed by atoms with Crippen LogP contribution in [0.15, 0.2) is 54.7 Å². The van der Waals surface area contributed by atoms with E-state index >= 15 is 0 Å². The Morgan fingerprint density at radius 1 is 1.06 bits per heavy atom. The summed E-state index contributed by atoms with van der Waals surface area (Å²) in [5, 5.41) is 6.31. The summed E-state index contributed by atoms with van der Waals surface area (Å²) in [6.07, 6.45) is 1.76. The van der Waals surface area contributed by atoms with E-state index in [1.165, 1.54) is 13.2 Å². The van der Waals surface area contributed by atoms with Crippen LogP contribution >= 0.6 is 23.2 Å². The molecule has 2 N–H and O–H groups in total. The van der Waals surface area contributed by atoms with E-state index in [1.807, 2.05) is 0 Å². The number of aromatic nitrogens is 1. The number of anilines is 1. The maximum absolute atomic E-state index is 13.1. The van der Waals surface area contributed by atoms with Crippen molar-refractivity contribution in [2.75, 3.05) is 12.4 Å². The number of hydrogen-bond acceptors (Lipinski definition) is 5. The van der Waals surface area contributed by atoms with Gasteiger partial charge in [-0.25, -0.2) is 4.98 Å². The number of fused-ring (bicyclic) bond motifs is 1. The fourth-order valence-electron chi connectivity index (χ4n) is 3.57. The van der Waals surface area contributed by atoms with Crippen LogP contribution in [0.5, 0.6) is 5.88 Å². The summed E-state index contributed by atoms with van der Waals surface area (Å²) in [5.41, 5.74) is 2.51. The minimum atomic E-state index is -0.933. The highest BCUT2D eigenvalue weighted by atomic mass is 35.5. The number of hydrogen-bond donors (Lipinski definition) is 2. The number of amides is 2. The Morgan fingerprint density at radius 2 is 1.88 bits per heavy atom. The van der Waals surface area contributed by atoms with Crippen molar-refractivity contribution >= 4 is 46.5 Å². The number of rotatable bonds is 6. The molecule has 0 radical (unpaired) electrons. The van der Waals surface area contributed by atoms with E-state index in [0.717, 1.165) is 5.56 Å². The van der Waals surface area contributed by atoms with Crippen LogP contribution in [0, 0.1) is 5.92 Å². The molecule has 2 heterocycles. The van der Waals surface area contributed by atoms with E-state index in [4.69, 9.17) is 27.9 Å². The molecule has 0 spiro atoms. The van der Waals surface area contributed by atoms with Gasteiger partial charge < -0.3 is 15.4 Å². The lowest BCUT2D eigenvalue weighted by atomic mass is 9.86. The smallest absolute Gasteiger partial charge is 0.251 e. The minimum Gasteiger partial charge on any atom is -0.481 e. The number of carbonyl (C=O) groups is 3. The minimum absolute atomic E-state index is 0.168. The molecule has 2 aromatic carbocycles. The van der Waals surface area contributed by atoms with Crippen LogP contribution in [0.3, 0.4) is 0 Å². The molecule has 0 saturated carbocycles. The van der Waals surface area contributed by atoms with Gasteiger partial charge in [-0.3, -0.25) is 14.4 Å². The van der Waals surface area contributed by atoms with Gasteiger partial charge in [-0.1, -0.05) is 29.3 Å². The molecule has 9 heteroatoms. The van der Waals surface area contributed by atoms with Crippen LogP contribution in [0.1, 0.15) is 31.8 Å². The predicted molar refractivity (Wildman–Crippen MR) is 125 cm³/mol. The van der Waals surface area contributed by atoms with Crippen molar-refractivity contribution < 1.29 is 19.1 Å². The molecule has 33 heavy (non-hydrogen) atoms. The quantitative estimate of drug-likeness (QED) is 0.508. The Bertz CT molecular complexity index is 1260. The van der Waals surface area contributed by atoms with Gasteiger partial charge in [0.1, 0.15) is 5.92 Å². The largest absolute Gasteiger partial charge is 0.481 e. The standard InChI is InChI=1S/C24H19Cl2N3O4/c1-33-21-10-14(6-7-27-21)12-28-23(31)15-3-5-20-16(11-15)22(30)17(24(32)29-20)8-13-2-4-18(25)19(26)9-13/h2-7,9-11,17H,8,12H2,1H3,(H,28,31)(H,29,32). The van der Waals surface area contributed by atoms with Crippen LogP contribution in [0.4, 0.5) is 5.69 Å². The summed E-state index contributed by atoms with van der Waals surface area (Å²) in [6, 6.07) is 13.1. The zero-order valence-electron chi connectivity index (χ0n) is 17.5. The maximum atomic E-state index is 13.1. The Labute approximate surface area is 200 Å². The molecule has 0 bridgehead atoms. The van der Waals surface area contributed by atoms with Crippen molar-refractivity contribution in [3.63, 3.8) is 0 Å². The average Bonchev–Trinajstić information content (AvgIpc) is 2.82. The van der Waals surface area contributed by atoms with E-state index in [9.17, 15) is 14.4 Å². The molecule has 1 aromatic heterocycles. The molecule has 2 amide bonds. The van der Waals surface area contributed by atoms with E-state index in [2.05, 4.69) is 15.6 Å². The van der Waals surface area contributed by atoms with Gasteiger partial charge in [0, 0.05) is 29.9 Å². The molecule has 1 aliphatic rings. The van der Waals surface area contributed by atoms with Crippen LogP contribution in [-0.2, 0) is 17.8 Å². The number of carbonyl (C=O) groups excluding carboxylic acids is 3. The number of halogens is 2. The topological polar surface area (TPSA) is 97.4 Å². The number of benzene rings is 2. The molecule has 7 nitrogen and oxygen atoms in total. The zero-order chi connectivity index (χ0) is 23.5. The van der Waals surface area contributed by atoms with Gasteiger partial charge in [0.2, 0.25) is 11.8 Å². The fourth-order valence-corrected chi connectivity index (χ4v) is 3.89. The van der Waals surface area contributed by atoms with Crippen molar-refractivity contribution in [1.82, 2.24) is 10.3 Å². The van der Waals surface area contributed by atoms with Gasteiger partial charge in [0.05, 0.1) is 22.8 Å². The predicted octanol–water partition coefficient (Wildman–Crippen LogP) is 4.32. The second-order valence-corrected chi connectivity index (χ2v) is 8.32. The Balaban J connectivity index is 1.51. The molecular formula is C24H19Cl2N3O4. The molecule has 0 aliphatic carbocycles. The Kier molecular flexibility index (Phi) is 6.62. The average molecular weight is 484 g/mol. The third-order valence-corrected chi connectivity index (χ3v) is 6.06. The fraction of sp³-hybridized carbons (Fsp3) is 0.167. The highest BCUT2D eigenvalue weighted by Crippen LogP contribution is 2.30. The number of ketones is 1. The summed E-state index contributed by atoms with van der Waals surface area (Å²) in [7, 11) is 1.52. The molecule has 1 aliphatic heterocycles. The lowest BCUT2D eigenvalue weighted by Crippen LogP contribution is -2.37. The van der Waals surface area contributed by atoms with Crippen LogP contribution in [0.25, 0.3) is 0 Å². The molecule has 168 valence electrons. The van der Waals surface area contributed by atoms with E-state index in [1.54, 1.807) is 48.7 Å². The van der Waals surface area contributed by atoms with Crippen LogP contribution in [-0.4, -0.2) is 29.7 Å². The van der Waals surface area contributed by atoms with Crippen molar-refractivity contribution in [1.29, 1.82) is 0 Å². The number of methoxy groups -OCH3 is 1. The number of pyridine rings is 1. The number of nitrogens with zero attached hydrogens (tertiary/aromatic N) is 1. The highest BCUT2D eigenvalue weighted by molar-refractivity contribution is 6.42. The summed E-state index contributed by atoms with van der Waals surface area (Å²) in [6.45, 7) is 0.263. The highest BCUT2D eigenvalue weighted by Gasteiger charge is 2.34. The first-order valence-electron chi connectivity index (χ1n) is 10.1. The Morgan fingerprint density at radius 3 is 2.64 bits per heavy atom. The first-order valence-corrected chi connectivity index (χ1v) is 10.8. The van der Waals surface area contributed by atoms with Gasteiger partial charge in [0.15, 0.2) is 5.78 Å². The molecular weight excluding hydrogens is 465 g/mol. The lowest BCUT2D eigenvalue weighted by molar-refractivity contribution is -0.118. The third-order valence-electron chi connectivity index (χ3n) is 5.32. The first kappa shape index (κ1) is 22.8. The monoisotopic (exact) mass is 483 g/mol. The SMILES string of the molecule is COc1cc(CNC(=O)c2ccc3c(c2)C(=O)C(Cc2ccc(Cl)c(Cl)c2)C(=O)N3)ccn1. The molecule has 0 saturated heterocycles. The van der Waals surface area contributed by atoms with Gasteiger partial charge in [-0.05, 0) is 53.9 Å². The van der Waals surface area contributed by atoms with E-state index in [-0.39, 0.29) is 30.2 Å². The molecule has 1 atom stereocenters. The molecule has 4 rings (SSSR count). The van der Waals surface area contributed by atoms with Crippen molar-refractivity contribution in [3.8, 4) is 5.88 Å². The normalized spacial score (nSPS) is 14.9. The van der Waals surface area contributed by atoms with Crippen LogP contribution in [0.2, 0.25) is 10.0 Å². The summed E-state index contributed by atoms with van der Waals surface area (Å²) in [5.74, 6) is -1.59. The third kappa shape index (κ3) is 4.99. The summed E-state index contributed by atoms with van der Waals surface area (Å²) >= 11 is 12.0. The zero-order valence-corrected chi connectivity index (χ0v) is 19.0. The number of nitrogens with one attached hydrogen (secondary N) is 2. The van der Waals surface area contributed by atoms with Crippen molar-refractivity contribution in [3.05, 3.63) is 87.0 Å². The van der Waals surface area contributed by atoms with Gasteiger partial charge in [0.25, 0.3) is 5.91 Å². The van der Waals surface area contributed by atoms with Gasteiger partial charge in [-0.2, -0.15) is 0 Å². The lowest BCUT2D eigenvalue weighted by Gasteiger charge is -2.24. The number of Topliss-reactive ketones (excluding diaryl/α,β-unsaturated/α-hetero) is 1. The first-order chi connectivity index (χ1) is 15.9. The van der Waals surface area contributed by atoms with Gasteiger partial charge >= 0.3 is 0 Å². The summed E-state index contributed by atoms with van der Waals surface area (Å²) in [4.78, 5) is 42.4. The molecule has 1 unspecified atom stereocenters.